The molecule has 0 unspecified atom stereocenters. The molecule has 2 bridgehead atoms. The first-order valence-electron chi connectivity index (χ1n) is 16.3. The van der Waals surface area contributed by atoms with E-state index in [1.54, 1.807) is 13.3 Å². The molecule has 4 N–H and O–H groups in total. The number of carbonyl (C=O) groups excluding carboxylic acids is 1. The number of likely N-dealkylation sites (tertiary alicyclic amines) is 1. The number of amides is 1. The van der Waals surface area contributed by atoms with Crippen LogP contribution in [-0.4, -0.2) is 72.0 Å². The second kappa shape index (κ2) is 12.2. The van der Waals surface area contributed by atoms with Crippen molar-refractivity contribution in [1.82, 2.24) is 24.0 Å². The molecule has 3 aromatic heterocycles. The Labute approximate surface area is 268 Å². The van der Waals surface area contributed by atoms with Gasteiger partial charge in [-0.1, -0.05) is 38.1 Å². The lowest BCUT2D eigenvalue weighted by Crippen LogP contribution is -2.42. The first-order chi connectivity index (χ1) is 22.3. The van der Waals surface area contributed by atoms with Gasteiger partial charge in [-0.15, -0.1) is 0 Å². The number of aliphatic hydroxyl groups excluding tert-OH is 2. The third-order valence-electron chi connectivity index (χ3n) is 9.95. The molecule has 0 radical (unpaired) electrons. The average molecular weight is 623 g/mol. The van der Waals surface area contributed by atoms with Crippen LogP contribution in [0.25, 0.3) is 33.6 Å². The van der Waals surface area contributed by atoms with Crippen LogP contribution in [-0.2, 0) is 13.1 Å². The number of hydrogen-bond donors (Lipinski definition) is 3. The zero-order valence-corrected chi connectivity index (χ0v) is 26.6. The quantitative estimate of drug-likeness (QED) is 0.261. The zero-order chi connectivity index (χ0) is 32.1. The number of aliphatic hydroxyl groups is 2. The number of methoxy groups -OCH3 is 1. The summed E-state index contributed by atoms with van der Waals surface area (Å²) in [6, 6.07) is 17.4. The van der Waals surface area contributed by atoms with Crippen LogP contribution < -0.4 is 10.5 Å². The Hall–Kier alpha value is -4.25. The van der Waals surface area contributed by atoms with Crippen molar-refractivity contribution in [3.8, 4) is 17.3 Å². The second-order valence-electron chi connectivity index (χ2n) is 12.9. The summed E-state index contributed by atoms with van der Waals surface area (Å²) < 4.78 is 10.3. The van der Waals surface area contributed by atoms with Crippen LogP contribution in [0, 0.1) is 5.92 Å². The maximum absolute atomic E-state index is 14.0. The number of carbonyl (C=O) groups is 1. The number of nitrogens with zero attached hydrogens (tertiary/aromatic N) is 5. The molecule has 5 aromatic rings. The van der Waals surface area contributed by atoms with Crippen molar-refractivity contribution >= 4 is 28.0 Å². The summed E-state index contributed by atoms with van der Waals surface area (Å²) in [5.74, 6) is 1.44. The van der Waals surface area contributed by atoms with Crippen LogP contribution in [0.1, 0.15) is 67.1 Å². The van der Waals surface area contributed by atoms with Gasteiger partial charge in [0.25, 0.3) is 5.91 Å². The molecule has 5 heterocycles. The Morgan fingerprint density at radius 3 is 2.74 bits per heavy atom. The summed E-state index contributed by atoms with van der Waals surface area (Å²) in [4.78, 5) is 25.9. The van der Waals surface area contributed by atoms with Gasteiger partial charge in [0.05, 0.1) is 24.4 Å². The Morgan fingerprint density at radius 2 is 1.93 bits per heavy atom. The fraction of sp³-hybridized carbons (Fsp3) is 0.417. The van der Waals surface area contributed by atoms with Crippen LogP contribution in [0.2, 0.25) is 0 Å². The number of ether oxygens (including phenoxy) is 1. The number of aromatic nitrogens is 4. The van der Waals surface area contributed by atoms with E-state index < -0.39 is 12.2 Å². The molecule has 1 saturated heterocycles. The zero-order valence-electron chi connectivity index (χ0n) is 26.6. The minimum absolute atomic E-state index is 0.0238. The SMILES string of the molecule is CC[C@@H]1[C@H](N)[C@H](C)CN1C(=O)c1cc(OC)c2c(c1)nc1n2Cc2cccc(c2)[C@H](O)[C@H](O)CCCCn2c-1cc1cccnc12. The standard InChI is InChI=1S/C36H42N6O4/c1-4-27-31(37)21(2)19-41(27)36(45)25-16-26-32(30(18-25)46-3)42-20-22-9-7-10-23(15-22)33(44)29(43)12-5-6-14-40-28(35(42)39-26)17-24-11-8-13-38-34(24)40/h7-11,13,15-18,21,27,29,31,33,43-44H,4-6,12,14,19-20,37H2,1-3H3/t21-,27-,29-,31-,33+/m1/s1. The summed E-state index contributed by atoms with van der Waals surface area (Å²) in [6.45, 7) is 5.88. The molecule has 5 atom stereocenters. The van der Waals surface area contributed by atoms with Gasteiger partial charge in [0.2, 0.25) is 0 Å². The van der Waals surface area contributed by atoms with Crippen molar-refractivity contribution in [1.29, 1.82) is 0 Å². The highest BCUT2D eigenvalue weighted by atomic mass is 16.5. The molecule has 0 aliphatic carbocycles. The van der Waals surface area contributed by atoms with Gasteiger partial charge in [0.15, 0.2) is 5.82 Å². The van der Waals surface area contributed by atoms with E-state index in [0.29, 0.717) is 48.4 Å². The van der Waals surface area contributed by atoms with Crippen LogP contribution in [0.4, 0.5) is 0 Å². The molecule has 2 aliphatic heterocycles. The normalized spacial score (nSPS) is 23.7. The Kier molecular flexibility index (Phi) is 8.04. The molecule has 0 spiro atoms. The van der Waals surface area contributed by atoms with Crippen molar-refractivity contribution in [2.75, 3.05) is 13.7 Å². The third-order valence-corrected chi connectivity index (χ3v) is 9.95. The lowest BCUT2D eigenvalue weighted by atomic mass is 9.98. The molecule has 1 fully saturated rings. The average Bonchev–Trinajstić information content (AvgIpc) is 3.71. The summed E-state index contributed by atoms with van der Waals surface area (Å²) in [5, 5.41) is 22.9. The number of nitrogens with two attached hydrogens (primary N) is 1. The molecule has 0 saturated carbocycles. The van der Waals surface area contributed by atoms with Crippen molar-refractivity contribution < 1.29 is 19.7 Å². The summed E-state index contributed by atoms with van der Waals surface area (Å²) in [5.41, 5.74) is 11.8. The minimum atomic E-state index is -0.983. The molecule has 1 amide bonds. The van der Waals surface area contributed by atoms with Crippen molar-refractivity contribution in [3.05, 3.63) is 77.5 Å². The van der Waals surface area contributed by atoms with Gasteiger partial charge in [0, 0.05) is 48.9 Å². The Morgan fingerprint density at radius 1 is 1.09 bits per heavy atom. The van der Waals surface area contributed by atoms with E-state index in [-0.39, 0.29) is 23.9 Å². The molecule has 2 aromatic carbocycles. The third kappa shape index (κ3) is 5.14. The Balaban J connectivity index is 1.44. The monoisotopic (exact) mass is 622 g/mol. The number of rotatable bonds is 3. The summed E-state index contributed by atoms with van der Waals surface area (Å²) in [6.07, 6.45) is 2.75. The second-order valence-corrected chi connectivity index (χ2v) is 12.9. The van der Waals surface area contributed by atoms with Crippen LogP contribution in [0.5, 0.6) is 5.75 Å². The van der Waals surface area contributed by atoms with Crippen LogP contribution >= 0.6 is 0 Å². The number of imidazole rings is 1. The topological polar surface area (TPSA) is 132 Å². The van der Waals surface area contributed by atoms with Crippen LogP contribution in [0.15, 0.2) is 60.8 Å². The van der Waals surface area contributed by atoms with E-state index in [1.165, 1.54) is 0 Å². The molecule has 240 valence electrons. The van der Waals surface area contributed by atoms with E-state index >= 15 is 0 Å². The molecule has 10 nitrogen and oxygen atoms in total. The fourth-order valence-electron chi connectivity index (χ4n) is 7.46. The van der Waals surface area contributed by atoms with Crippen molar-refractivity contribution in [2.45, 2.75) is 76.9 Å². The molecule has 2 aliphatic rings. The van der Waals surface area contributed by atoms with Gasteiger partial charge >= 0.3 is 0 Å². The molecule has 46 heavy (non-hydrogen) atoms. The highest BCUT2D eigenvalue weighted by Crippen LogP contribution is 2.37. The number of pyridine rings is 1. The van der Waals surface area contributed by atoms with Gasteiger partial charge in [-0.3, -0.25) is 4.79 Å². The molecular formula is C36H42N6O4. The minimum Gasteiger partial charge on any atom is -0.494 e. The number of benzene rings is 2. The van der Waals surface area contributed by atoms with Gasteiger partial charge in [0.1, 0.15) is 23.0 Å². The first kappa shape index (κ1) is 30.4. The number of aryl methyl sites for hydroxylation is 1. The van der Waals surface area contributed by atoms with Crippen molar-refractivity contribution in [3.63, 3.8) is 0 Å². The van der Waals surface area contributed by atoms with Gasteiger partial charge in [-0.2, -0.15) is 0 Å². The van der Waals surface area contributed by atoms with Gasteiger partial charge < -0.3 is 34.7 Å². The predicted octanol–water partition coefficient (Wildman–Crippen LogP) is 4.89. The first-order valence-corrected chi connectivity index (χ1v) is 16.3. The van der Waals surface area contributed by atoms with E-state index in [9.17, 15) is 15.0 Å². The maximum atomic E-state index is 14.0. The predicted molar refractivity (Wildman–Crippen MR) is 178 cm³/mol. The smallest absolute Gasteiger partial charge is 0.254 e. The fourth-order valence-corrected chi connectivity index (χ4v) is 7.46. The molecule has 7 rings (SSSR count). The molecule has 10 heteroatoms. The number of hydrogen-bond acceptors (Lipinski definition) is 7. The van der Waals surface area contributed by atoms with Crippen LogP contribution in [0.3, 0.4) is 0 Å². The van der Waals surface area contributed by atoms with Gasteiger partial charge in [-0.05, 0) is 73.1 Å². The summed E-state index contributed by atoms with van der Waals surface area (Å²) in [7, 11) is 1.62. The van der Waals surface area contributed by atoms with E-state index in [1.807, 2.05) is 47.4 Å². The maximum Gasteiger partial charge on any atom is 0.254 e. The van der Waals surface area contributed by atoms with E-state index in [2.05, 4.69) is 35.1 Å². The Bertz CT molecular complexity index is 1910. The lowest BCUT2D eigenvalue weighted by molar-refractivity contribution is 0.0119. The molecular weight excluding hydrogens is 580 g/mol. The lowest BCUT2D eigenvalue weighted by Gasteiger charge is -2.26. The van der Waals surface area contributed by atoms with E-state index in [4.69, 9.17) is 20.4 Å². The van der Waals surface area contributed by atoms with Crippen molar-refractivity contribution in [2.24, 2.45) is 11.7 Å². The largest absolute Gasteiger partial charge is 0.494 e. The van der Waals surface area contributed by atoms with E-state index in [0.717, 1.165) is 52.9 Å². The highest BCUT2D eigenvalue weighted by Gasteiger charge is 2.39. The van der Waals surface area contributed by atoms with Gasteiger partial charge in [-0.25, -0.2) is 9.97 Å². The summed E-state index contributed by atoms with van der Waals surface area (Å²) >= 11 is 0. The number of fused-ring (bicyclic) bond motifs is 9. The highest BCUT2D eigenvalue weighted by molar-refractivity contribution is 6.00.